The van der Waals surface area contributed by atoms with Gasteiger partial charge in [-0.25, -0.2) is 0 Å². The molecule has 1 aromatic rings. The van der Waals surface area contributed by atoms with E-state index in [2.05, 4.69) is 36.7 Å². The van der Waals surface area contributed by atoms with Gasteiger partial charge in [-0.1, -0.05) is 20.8 Å². The van der Waals surface area contributed by atoms with Crippen molar-refractivity contribution in [3.05, 3.63) is 22.6 Å². The number of nitrogens with two attached hydrogens (primary N) is 1. The van der Waals surface area contributed by atoms with Gasteiger partial charge in [-0.3, -0.25) is 0 Å². The number of hydrogen-bond donors (Lipinski definition) is 1. The number of furan rings is 1. The summed E-state index contributed by atoms with van der Waals surface area (Å²) in [6, 6.07) is 3.71. The fraction of sp³-hybridized carbons (Fsp3) is 0.556. The Bertz CT molecular complexity index is 267. The lowest BCUT2D eigenvalue weighted by molar-refractivity contribution is 0.282. The van der Waals surface area contributed by atoms with E-state index in [1.807, 2.05) is 12.1 Å². The molecule has 0 radical (unpaired) electrons. The van der Waals surface area contributed by atoms with E-state index in [4.69, 9.17) is 10.2 Å². The van der Waals surface area contributed by atoms with Gasteiger partial charge in [-0.15, -0.1) is 12.4 Å². The zero-order chi connectivity index (χ0) is 9.35. The number of rotatable bonds is 1. The molecule has 76 valence electrons. The molecule has 1 heterocycles. The monoisotopic (exact) mass is 267 g/mol. The fourth-order valence-corrected chi connectivity index (χ4v) is 1.24. The first-order chi connectivity index (χ1) is 5.41. The van der Waals surface area contributed by atoms with E-state index in [0.29, 0.717) is 0 Å². The van der Waals surface area contributed by atoms with E-state index in [9.17, 15) is 0 Å². The Morgan fingerprint density at radius 1 is 1.38 bits per heavy atom. The van der Waals surface area contributed by atoms with Gasteiger partial charge in [0.2, 0.25) is 0 Å². The van der Waals surface area contributed by atoms with Gasteiger partial charge in [0.05, 0.1) is 6.04 Å². The molecule has 1 aromatic heterocycles. The van der Waals surface area contributed by atoms with Crippen LogP contribution in [0.15, 0.2) is 21.2 Å². The van der Waals surface area contributed by atoms with Crippen molar-refractivity contribution in [2.45, 2.75) is 26.8 Å². The van der Waals surface area contributed by atoms with Crippen LogP contribution in [0.25, 0.3) is 0 Å². The smallest absolute Gasteiger partial charge is 0.169 e. The summed E-state index contributed by atoms with van der Waals surface area (Å²) < 4.78 is 6.10. The molecule has 0 aliphatic heterocycles. The second-order valence-electron chi connectivity index (χ2n) is 3.99. The van der Waals surface area contributed by atoms with Crippen LogP contribution in [-0.4, -0.2) is 0 Å². The Labute approximate surface area is 93.4 Å². The van der Waals surface area contributed by atoms with Crippen molar-refractivity contribution in [2.75, 3.05) is 0 Å². The van der Waals surface area contributed by atoms with Crippen molar-refractivity contribution in [3.63, 3.8) is 0 Å². The molecule has 0 aliphatic carbocycles. The predicted molar refractivity (Wildman–Crippen MR) is 60.0 cm³/mol. The third kappa shape index (κ3) is 3.33. The molecule has 1 atom stereocenters. The normalized spacial score (nSPS) is 13.6. The molecule has 0 spiro atoms. The zero-order valence-corrected chi connectivity index (χ0v) is 10.4. The van der Waals surface area contributed by atoms with Crippen LogP contribution in [0.1, 0.15) is 32.6 Å². The number of hydrogen-bond acceptors (Lipinski definition) is 2. The predicted octanol–water partition coefficient (Wildman–Crippen LogP) is 3.51. The highest BCUT2D eigenvalue weighted by atomic mass is 79.9. The first-order valence-corrected chi connectivity index (χ1v) is 4.71. The van der Waals surface area contributed by atoms with Crippen LogP contribution in [0.3, 0.4) is 0 Å². The zero-order valence-electron chi connectivity index (χ0n) is 8.00. The minimum Gasteiger partial charge on any atom is -0.453 e. The fourth-order valence-electron chi connectivity index (χ4n) is 0.922. The minimum absolute atomic E-state index is 0. The maximum atomic E-state index is 5.97. The van der Waals surface area contributed by atoms with Crippen LogP contribution in [0.4, 0.5) is 0 Å². The standard InChI is InChI=1S/C9H14BrNO.ClH/c1-9(2,3)8(11)6-4-5-7(10)12-6;/h4-5,8H,11H2,1-3H3;1H/t8-;/m1./s1. The van der Waals surface area contributed by atoms with Crippen molar-refractivity contribution >= 4 is 28.3 Å². The Hall–Kier alpha value is 0.01000. The molecule has 0 amide bonds. The van der Waals surface area contributed by atoms with Crippen LogP contribution in [0.2, 0.25) is 0 Å². The van der Waals surface area contributed by atoms with Crippen molar-refractivity contribution in [1.82, 2.24) is 0 Å². The minimum atomic E-state index is -0.0520. The number of halogens is 2. The summed E-state index contributed by atoms with van der Waals surface area (Å²) in [5, 5.41) is 0. The summed E-state index contributed by atoms with van der Waals surface area (Å²) in [5.74, 6) is 0.828. The van der Waals surface area contributed by atoms with E-state index in [0.717, 1.165) is 10.4 Å². The molecular weight excluding hydrogens is 253 g/mol. The van der Waals surface area contributed by atoms with Gasteiger partial charge < -0.3 is 10.2 Å². The molecule has 0 unspecified atom stereocenters. The van der Waals surface area contributed by atoms with Gasteiger partial charge in [0.25, 0.3) is 0 Å². The molecule has 4 heteroatoms. The average molecular weight is 269 g/mol. The van der Waals surface area contributed by atoms with Gasteiger partial charge in [-0.2, -0.15) is 0 Å². The molecule has 2 nitrogen and oxygen atoms in total. The summed E-state index contributed by atoms with van der Waals surface area (Å²) in [7, 11) is 0. The van der Waals surface area contributed by atoms with E-state index >= 15 is 0 Å². The highest BCUT2D eigenvalue weighted by molar-refractivity contribution is 9.10. The molecule has 0 bridgehead atoms. The third-order valence-electron chi connectivity index (χ3n) is 1.83. The maximum Gasteiger partial charge on any atom is 0.169 e. The van der Waals surface area contributed by atoms with E-state index < -0.39 is 0 Å². The first-order valence-electron chi connectivity index (χ1n) is 3.92. The van der Waals surface area contributed by atoms with E-state index in [-0.39, 0.29) is 23.9 Å². The molecule has 1 rings (SSSR count). The van der Waals surface area contributed by atoms with Crippen LogP contribution < -0.4 is 5.73 Å². The summed E-state index contributed by atoms with van der Waals surface area (Å²) in [6.45, 7) is 6.27. The van der Waals surface area contributed by atoms with Gasteiger partial charge in [-0.05, 0) is 33.5 Å². The van der Waals surface area contributed by atoms with Crippen LogP contribution in [0.5, 0.6) is 0 Å². The molecular formula is C9H15BrClNO. The lowest BCUT2D eigenvalue weighted by Crippen LogP contribution is -2.25. The lowest BCUT2D eigenvalue weighted by atomic mass is 9.86. The van der Waals surface area contributed by atoms with Crippen molar-refractivity contribution in [1.29, 1.82) is 0 Å². The van der Waals surface area contributed by atoms with Gasteiger partial charge in [0, 0.05) is 0 Å². The SMILES string of the molecule is CC(C)(C)[C@H](N)c1ccc(Br)o1.Cl. The van der Waals surface area contributed by atoms with Crippen LogP contribution in [0, 0.1) is 5.41 Å². The lowest BCUT2D eigenvalue weighted by Gasteiger charge is -2.24. The second-order valence-corrected chi connectivity index (χ2v) is 4.77. The topological polar surface area (TPSA) is 39.2 Å². The molecule has 0 fully saturated rings. The maximum absolute atomic E-state index is 5.97. The highest BCUT2D eigenvalue weighted by Crippen LogP contribution is 2.32. The van der Waals surface area contributed by atoms with Crippen molar-refractivity contribution < 1.29 is 4.42 Å². The van der Waals surface area contributed by atoms with Crippen LogP contribution in [-0.2, 0) is 0 Å². The summed E-state index contributed by atoms with van der Waals surface area (Å²) in [4.78, 5) is 0. The molecule has 0 aromatic carbocycles. The Morgan fingerprint density at radius 3 is 2.23 bits per heavy atom. The van der Waals surface area contributed by atoms with Crippen molar-refractivity contribution in [3.8, 4) is 0 Å². The van der Waals surface area contributed by atoms with Gasteiger partial charge in [0.15, 0.2) is 4.67 Å². The quantitative estimate of drug-likeness (QED) is 0.846. The molecule has 0 aliphatic rings. The third-order valence-corrected chi connectivity index (χ3v) is 2.26. The summed E-state index contributed by atoms with van der Waals surface area (Å²) in [5.41, 5.74) is 6.01. The molecule has 13 heavy (non-hydrogen) atoms. The molecule has 2 N–H and O–H groups in total. The Morgan fingerprint density at radius 2 is 1.92 bits per heavy atom. The molecule has 0 saturated heterocycles. The molecule has 0 saturated carbocycles. The summed E-state index contributed by atoms with van der Waals surface area (Å²) >= 11 is 3.24. The van der Waals surface area contributed by atoms with Crippen LogP contribution >= 0.6 is 28.3 Å². The Kier molecular flexibility index (Phi) is 4.49. The van der Waals surface area contributed by atoms with E-state index in [1.165, 1.54) is 0 Å². The van der Waals surface area contributed by atoms with E-state index in [1.54, 1.807) is 0 Å². The Balaban J connectivity index is 0.00000144. The van der Waals surface area contributed by atoms with Crippen molar-refractivity contribution in [2.24, 2.45) is 11.1 Å². The van der Waals surface area contributed by atoms with Gasteiger partial charge >= 0.3 is 0 Å². The highest BCUT2D eigenvalue weighted by Gasteiger charge is 2.24. The average Bonchev–Trinajstić information content (AvgIpc) is 2.32. The largest absolute Gasteiger partial charge is 0.453 e. The summed E-state index contributed by atoms with van der Waals surface area (Å²) in [6.07, 6.45) is 0. The van der Waals surface area contributed by atoms with Gasteiger partial charge in [0.1, 0.15) is 5.76 Å². The first kappa shape index (κ1) is 13.0. The second kappa shape index (κ2) is 4.49.